The van der Waals surface area contributed by atoms with Gasteiger partial charge in [0.1, 0.15) is 6.10 Å². The highest BCUT2D eigenvalue weighted by molar-refractivity contribution is 7.87. The Morgan fingerprint density at radius 1 is 1.26 bits per heavy atom. The number of aliphatic hydroxyl groups excluding tert-OH is 1. The lowest BCUT2D eigenvalue weighted by molar-refractivity contribution is -0.142. The molecule has 0 aliphatic heterocycles. The van der Waals surface area contributed by atoms with Crippen LogP contribution in [0.4, 0.5) is 0 Å². The summed E-state index contributed by atoms with van der Waals surface area (Å²) in [6.07, 6.45) is -1.48. The van der Waals surface area contributed by atoms with E-state index in [1.165, 1.54) is 26.2 Å². The molecule has 0 spiro atoms. The molecule has 1 rings (SSSR count). The highest BCUT2D eigenvalue weighted by Gasteiger charge is 2.32. The van der Waals surface area contributed by atoms with Gasteiger partial charge in [0.05, 0.1) is 0 Å². The smallest absolute Gasteiger partial charge is 0.324 e. The molecule has 7 nitrogen and oxygen atoms in total. The fourth-order valence-corrected chi connectivity index (χ4v) is 2.12. The maximum atomic E-state index is 11.6. The minimum atomic E-state index is -3.95. The van der Waals surface area contributed by atoms with Crippen LogP contribution in [0.1, 0.15) is 11.7 Å². The predicted molar refractivity (Wildman–Crippen MR) is 68.6 cm³/mol. The number of carboxylic acid groups (broad SMARTS) is 1. The van der Waals surface area contributed by atoms with Crippen molar-refractivity contribution < 1.29 is 23.4 Å². The molecule has 2 atom stereocenters. The van der Waals surface area contributed by atoms with Crippen LogP contribution in [0, 0.1) is 0 Å². The Kier molecular flexibility index (Phi) is 5.01. The summed E-state index contributed by atoms with van der Waals surface area (Å²) in [5, 5.41) is 19.0. The van der Waals surface area contributed by atoms with Crippen molar-refractivity contribution in [2.45, 2.75) is 12.1 Å². The molecule has 8 heteroatoms. The summed E-state index contributed by atoms with van der Waals surface area (Å²) in [7, 11) is -1.43. The number of hydrogen-bond acceptors (Lipinski definition) is 4. The Labute approximate surface area is 111 Å². The molecule has 106 valence electrons. The molecular formula is C11H16N2O5S. The highest BCUT2D eigenvalue weighted by atomic mass is 32.2. The van der Waals surface area contributed by atoms with Crippen molar-refractivity contribution >= 4 is 16.2 Å². The van der Waals surface area contributed by atoms with E-state index in [1.807, 2.05) is 4.72 Å². The first-order chi connectivity index (χ1) is 8.75. The molecule has 0 bridgehead atoms. The summed E-state index contributed by atoms with van der Waals surface area (Å²) in [6, 6.07) is 6.33. The van der Waals surface area contributed by atoms with Crippen LogP contribution in [-0.2, 0) is 15.0 Å². The number of rotatable bonds is 6. The minimum Gasteiger partial charge on any atom is -0.480 e. The van der Waals surface area contributed by atoms with Gasteiger partial charge in [0.25, 0.3) is 10.2 Å². The summed E-state index contributed by atoms with van der Waals surface area (Å²) in [4.78, 5) is 11.1. The van der Waals surface area contributed by atoms with Gasteiger partial charge in [-0.15, -0.1) is 0 Å². The van der Waals surface area contributed by atoms with Crippen LogP contribution in [0.15, 0.2) is 30.3 Å². The van der Waals surface area contributed by atoms with Gasteiger partial charge >= 0.3 is 5.97 Å². The molecule has 0 radical (unpaired) electrons. The Morgan fingerprint density at radius 3 is 2.21 bits per heavy atom. The van der Waals surface area contributed by atoms with E-state index in [1.54, 1.807) is 18.2 Å². The van der Waals surface area contributed by atoms with E-state index in [0.29, 0.717) is 5.56 Å². The molecule has 0 unspecified atom stereocenters. The van der Waals surface area contributed by atoms with Crippen molar-refractivity contribution in [2.75, 3.05) is 14.1 Å². The van der Waals surface area contributed by atoms with Gasteiger partial charge in [0, 0.05) is 14.1 Å². The van der Waals surface area contributed by atoms with Crippen molar-refractivity contribution in [2.24, 2.45) is 0 Å². The first-order valence-corrected chi connectivity index (χ1v) is 6.85. The molecule has 0 aliphatic carbocycles. The Hall–Kier alpha value is -1.48. The molecule has 0 saturated heterocycles. The van der Waals surface area contributed by atoms with Crippen LogP contribution in [0.25, 0.3) is 0 Å². The number of aliphatic carboxylic acids is 1. The van der Waals surface area contributed by atoms with Crippen molar-refractivity contribution in [3.8, 4) is 0 Å². The van der Waals surface area contributed by atoms with Crippen LogP contribution < -0.4 is 4.72 Å². The van der Waals surface area contributed by atoms with Crippen molar-refractivity contribution in [3.05, 3.63) is 35.9 Å². The van der Waals surface area contributed by atoms with Gasteiger partial charge in [-0.05, 0) is 5.56 Å². The van der Waals surface area contributed by atoms with Crippen molar-refractivity contribution in [3.63, 3.8) is 0 Å². The zero-order valence-electron chi connectivity index (χ0n) is 10.5. The third-order valence-corrected chi connectivity index (χ3v) is 3.99. The van der Waals surface area contributed by atoms with Gasteiger partial charge in [0.15, 0.2) is 6.04 Å². The average molecular weight is 288 g/mol. The summed E-state index contributed by atoms with van der Waals surface area (Å²) in [5.41, 5.74) is 0.316. The molecule has 0 aliphatic rings. The van der Waals surface area contributed by atoms with Crippen LogP contribution in [0.2, 0.25) is 0 Å². The largest absolute Gasteiger partial charge is 0.480 e. The number of carboxylic acids is 1. The van der Waals surface area contributed by atoms with Gasteiger partial charge < -0.3 is 10.2 Å². The van der Waals surface area contributed by atoms with Crippen LogP contribution in [0.3, 0.4) is 0 Å². The SMILES string of the molecule is CN(C)S(=O)(=O)N[C@H](C(=O)O)[C@@H](O)c1ccccc1. The second kappa shape index (κ2) is 6.11. The number of hydrogen-bond donors (Lipinski definition) is 3. The van der Waals surface area contributed by atoms with E-state index in [0.717, 1.165) is 4.31 Å². The molecular weight excluding hydrogens is 272 g/mol. The predicted octanol–water partition coefficient (Wildman–Crippen LogP) is -0.431. The maximum absolute atomic E-state index is 11.6. The summed E-state index contributed by atoms with van der Waals surface area (Å²) >= 11 is 0. The first-order valence-electron chi connectivity index (χ1n) is 5.41. The third-order valence-electron chi connectivity index (χ3n) is 2.48. The van der Waals surface area contributed by atoms with E-state index in [-0.39, 0.29) is 0 Å². The summed E-state index contributed by atoms with van der Waals surface area (Å²) < 4.78 is 26.0. The molecule has 0 heterocycles. The Bertz CT molecular complexity index is 529. The molecule has 3 N–H and O–H groups in total. The number of carbonyl (C=O) groups is 1. The summed E-state index contributed by atoms with van der Waals surface area (Å²) in [5.74, 6) is -1.46. The van der Waals surface area contributed by atoms with E-state index in [2.05, 4.69) is 0 Å². The van der Waals surface area contributed by atoms with Gasteiger partial charge in [-0.3, -0.25) is 4.79 Å². The van der Waals surface area contributed by atoms with Crippen molar-refractivity contribution in [1.82, 2.24) is 9.03 Å². The van der Waals surface area contributed by atoms with Crippen LogP contribution in [-0.4, -0.2) is 49.0 Å². The van der Waals surface area contributed by atoms with E-state index in [4.69, 9.17) is 5.11 Å². The molecule has 1 aromatic carbocycles. The normalized spacial score (nSPS) is 15.2. The fraction of sp³-hybridized carbons (Fsp3) is 0.364. The maximum Gasteiger partial charge on any atom is 0.324 e. The van der Waals surface area contributed by atoms with Gasteiger partial charge in [-0.1, -0.05) is 30.3 Å². The number of aliphatic hydroxyl groups is 1. The van der Waals surface area contributed by atoms with Crippen molar-refractivity contribution in [1.29, 1.82) is 0 Å². The van der Waals surface area contributed by atoms with E-state index in [9.17, 15) is 18.3 Å². The van der Waals surface area contributed by atoms with Crippen LogP contribution >= 0.6 is 0 Å². The second-order valence-electron chi connectivity index (χ2n) is 4.08. The number of nitrogens with zero attached hydrogens (tertiary/aromatic N) is 1. The van der Waals surface area contributed by atoms with Gasteiger partial charge in [0.2, 0.25) is 0 Å². The summed E-state index contributed by atoms with van der Waals surface area (Å²) in [6.45, 7) is 0. The molecule has 0 amide bonds. The molecule has 0 fully saturated rings. The van der Waals surface area contributed by atoms with Gasteiger partial charge in [-0.25, -0.2) is 0 Å². The van der Waals surface area contributed by atoms with Crippen LogP contribution in [0.5, 0.6) is 0 Å². The fourth-order valence-electron chi connectivity index (χ4n) is 1.36. The second-order valence-corrected chi connectivity index (χ2v) is 5.99. The van der Waals surface area contributed by atoms with E-state index >= 15 is 0 Å². The monoisotopic (exact) mass is 288 g/mol. The third kappa shape index (κ3) is 4.00. The highest BCUT2D eigenvalue weighted by Crippen LogP contribution is 2.17. The first kappa shape index (κ1) is 15.6. The molecule has 0 saturated carbocycles. The lowest BCUT2D eigenvalue weighted by Crippen LogP contribution is -2.48. The number of benzene rings is 1. The molecule has 19 heavy (non-hydrogen) atoms. The zero-order chi connectivity index (χ0) is 14.6. The zero-order valence-corrected chi connectivity index (χ0v) is 11.3. The Morgan fingerprint density at radius 2 is 1.79 bits per heavy atom. The molecule has 0 aromatic heterocycles. The van der Waals surface area contributed by atoms with E-state index < -0.39 is 28.3 Å². The lowest BCUT2D eigenvalue weighted by atomic mass is 10.0. The standard InChI is InChI=1S/C11H16N2O5S/c1-13(2)19(17,18)12-9(11(15)16)10(14)8-6-4-3-5-7-8/h3-7,9-10,12,14H,1-2H3,(H,15,16)/t9-,10-/m0/s1. The number of nitrogens with one attached hydrogen (secondary N) is 1. The topological polar surface area (TPSA) is 107 Å². The lowest BCUT2D eigenvalue weighted by Gasteiger charge is -2.22. The minimum absolute atomic E-state index is 0.316. The Balaban J connectivity index is 3.00. The quantitative estimate of drug-likeness (QED) is 0.658. The molecule has 1 aromatic rings. The van der Waals surface area contributed by atoms with Gasteiger partial charge in [-0.2, -0.15) is 17.4 Å². The average Bonchev–Trinajstić information content (AvgIpc) is 2.35.